The fourth-order valence-electron chi connectivity index (χ4n) is 3.07. The third-order valence-corrected chi connectivity index (χ3v) is 3.98. The fourth-order valence-corrected chi connectivity index (χ4v) is 3.07. The molecule has 0 aromatic rings. The Kier molecular flexibility index (Phi) is 4.62. The molecule has 2 heterocycles. The minimum Gasteiger partial charge on any atom is -0.466 e. The van der Waals surface area contributed by atoms with Crippen molar-refractivity contribution in [2.75, 3.05) is 7.11 Å². The maximum atomic E-state index is 11.5. The minimum atomic E-state index is -0.665. The lowest BCUT2D eigenvalue weighted by atomic mass is 9.77. The van der Waals surface area contributed by atoms with Gasteiger partial charge in [-0.1, -0.05) is 18.2 Å². The zero-order valence-electron chi connectivity index (χ0n) is 12.0. The van der Waals surface area contributed by atoms with E-state index in [0.717, 1.165) is 0 Å². The third-order valence-electron chi connectivity index (χ3n) is 3.98. The summed E-state index contributed by atoms with van der Waals surface area (Å²) in [5.41, 5.74) is 0.510. The molecule has 0 aliphatic carbocycles. The van der Waals surface area contributed by atoms with Crippen LogP contribution in [0.25, 0.3) is 0 Å². The molecule has 20 heavy (non-hydrogen) atoms. The molecule has 2 bridgehead atoms. The van der Waals surface area contributed by atoms with Gasteiger partial charge in [0.05, 0.1) is 31.5 Å². The fraction of sp³-hybridized carbons (Fsp3) is 0.667. The maximum Gasteiger partial charge on any atom is 0.333 e. The predicted molar refractivity (Wildman–Crippen MR) is 72.9 cm³/mol. The molecular formula is C15H22O5. The lowest BCUT2D eigenvalue weighted by Gasteiger charge is -2.28. The molecule has 1 saturated heterocycles. The Bertz CT molecular complexity index is 426. The Hall–Kier alpha value is -1.17. The number of hydrogen-bond donors (Lipinski definition) is 2. The highest BCUT2D eigenvalue weighted by Crippen LogP contribution is 2.43. The molecule has 5 nitrogen and oxygen atoms in total. The van der Waals surface area contributed by atoms with Gasteiger partial charge in [-0.05, 0) is 20.3 Å². The molecule has 0 spiro atoms. The Balaban J connectivity index is 2.17. The number of carbonyl (C=O) groups is 1. The molecule has 2 aliphatic heterocycles. The van der Waals surface area contributed by atoms with Crippen molar-refractivity contribution < 1.29 is 24.5 Å². The van der Waals surface area contributed by atoms with Gasteiger partial charge >= 0.3 is 5.97 Å². The van der Waals surface area contributed by atoms with Crippen molar-refractivity contribution in [1.29, 1.82) is 0 Å². The van der Waals surface area contributed by atoms with Crippen LogP contribution in [-0.2, 0) is 14.3 Å². The average Bonchev–Trinajstić information content (AvgIpc) is 2.97. The van der Waals surface area contributed by atoms with Gasteiger partial charge in [0, 0.05) is 17.4 Å². The lowest BCUT2D eigenvalue weighted by molar-refractivity contribution is -0.136. The number of aliphatic hydroxyl groups is 2. The van der Waals surface area contributed by atoms with E-state index >= 15 is 0 Å². The normalized spacial score (nSPS) is 35.1. The number of aliphatic hydroxyl groups excluding tert-OH is 2. The minimum absolute atomic E-state index is 0.0714. The molecule has 0 radical (unpaired) electrons. The largest absolute Gasteiger partial charge is 0.466 e. The predicted octanol–water partition coefficient (Wildman–Crippen LogP) is 0.807. The van der Waals surface area contributed by atoms with Crippen LogP contribution < -0.4 is 0 Å². The van der Waals surface area contributed by atoms with E-state index < -0.39 is 12.2 Å². The lowest BCUT2D eigenvalue weighted by Crippen LogP contribution is -2.35. The van der Waals surface area contributed by atoms with Crippen molar-refractivity contribution in [3.8, 4) is 0 Å². The van der Waals surface area contributed by atoms with E-state index in [2.05, 4.69) is 0 Å². The molecular weight excluding hydrogens is 260 g/mol. The number of esters is 1. The van der Waals surface area contributed by atoms with Crippen LogP contribution in [0.1, 0.15) is 20.3 Å². The Morgan fingerprint density at radius 1 is 1.40 bits per heavy atom. The molecule has 6 atom stereocenters. The van der Waals surface area contributed by atoms with Gasteiger partial charge in [0.15, 0.2) is 0 Å². The first kappa shape index (κ1) is 15.2. The second-order valence-electron chi connectivity index (χ2n) is 5.60. The highest BCUT2D eigenvalue weighted by molar-refractivity contribution is 5.87. The van der Waals surface area contributed by atoms with Gasteiger partial charge in [0.25, 0.3) is 0 Å². The number of fused-ring (bicyclic) bond motifs is 2. The first-order chi connectivity index (χ1) is 9.43. The van der Waals surface area contributed by atoms with Gasteiger partial charge in [-0.2, -0.15) is 0 Å². The molecule has 2 aliphatic rings. The Morgan fingerprint density at radius 2 is 2.05 bits per heavy atom. The summed E-state index contributed by atoms with van der Waals surface area (Å²) >= 11 is 0. The van der Waals surface area contributed by atoms with Crippen molar-refractivity contribution in [2.24, 2.45) is 11.8 Å². The van der Waals surface area contributed by atoms with Gasteiger partial charge < -0.3 is 19.7 Å². The monoisotopic (exact) mass is 282 g/mol. The highest BCUT2D eigenvalue weighted by Gasteiger charge is 2.48. The van der Waals surface area contributed by atoms with E-state index in [-0.39, 0.29) is 30.0 Å². The molecule has 1 fully saturated rings. The smallest absolute Gasteiger partial charge is 0.333 e. The SMILES string of the molecule is COC(=O)/C(C)=C\[C@@H]1[C@H]([C@@H](O)C[C@@H](C)O)[C@H]2C=C[C@@H]1O2. The van der Waals surface area contributed by atoms with Gasteiger partial charge in [-0.3, -0.25) is 0 Å². The highest BCUT2D eigenvalue weighted by atomic mass is 16.5. The van der Waals surface area contributed by atoms with E-state index in [0.29, 0.717) is 12.0 Å². The molecule has 2 N–H and O–H groups in total. The first-order valence-electron chi connectivity index (χ1n) is 6.90. The zero-order chi connectivity index (χ0) is 14.9. The summed E-state index contributed by atoms with van der Waals surface area (Å²) in [5, 5.41) is 19.7. The summed E-state index contributed by atoms with van der Waals surface area (Å²) in [6.07, 6.45) is 4.51. The summed E-state index contributed by atoms with van der Waals surface area (Å²) in [5.74, 6) is -0.586. The van der Waals surface area contributed by atoms with Crippen LogP contribution in [0, 0.1) is 11.8 Å². The Morgan fingerprint density at radius 3 is 2.65 bits per heavy atom. The van der Waals surface area contributed by atoms with Crippen LogP contribution in [0.3, 0.4) is 0 Å². The molecule has 0 unspecified atom stereocenters. The summed E-state index contributed by atoms with van der Waals surface area (Å²) in [6.45, 7) is 3.34. The van der Waals surface area contributed by atoms with Gasteiger partial charge in [0.1, 0.15) is 0 Å². The van der Waals surface area contributed by atoms with Crippen LogP contribution in [0.2, 0.25) is 0 Å². The molecule has 0 amide bonds. The van der Waals surface area contributed by atoms with E-state index in [4.69, 9.17) is 9.47 Å². The van der Waals surface area contributed by atoms with Crippen molar-refractivity contribution in [2.45, 2.75) is 44.7 Å². The van der Waals surface area contributed by atoms with E-state index in [9.17, 15) is 15.0 Å². The van der Waals surface area contributed by atoms with Gasteiger partial charge in [-0.15, -0.1) is 0 Å². The summed E-state index contributed by atoms with van der Waals surface area (Å²) < 4.78 is 10.5. The second-order valence-corrected chi connectivity index (χ2v) is 5.60. The zero-order valence-corrected chi connectivity index (χ0v) is 12.0. The van der Waals surface area contributed by atoms with Crippen LogP contribution >= 0.6 is 0 Å². The van der Waals surface area contributed by atoms with E-state index in [1.807, 2.05) is 18.2 Å². The van der Waals surface area contributed by atoms with Crippen LogP contribution in [0.15, 0.2) is 23.8 Å². The molecule has 2 rings (SSSR count). The average molecular weight is 282 g/mol. The molecule has 0 aromatic heterocycles. The molecule has 5 heteroatoms. The van der Waals surface area contributed by atoms with Crippen LogP contribution in [0.4, 0.5) is 0 Å². The van der Waals surface area contributed by atoms with Crippen molar-refractivity contribution >= 4 is 5.97 Å². The van der Waals surface area contributed by atoms with Crippen LogP contribution in [0.5, 0.6) is 0 Å². The Labute approximate surface area is 118 Å². The molecule has 0 saturated carbocycles. The summed E-state index contributed by atoms with van der Waals surface area (Å²) in [7, 11) is 1.34. The first-order valence-corrected chi connectivity index (χ1v) is 6.90. The van der Waals surface area contributed by atoms with Gasteiger partial charge in [0.2, 0.25) is 0 Å². The number of hydrogen-bond acceptors (Lipinski definition) is 5. The third kappa shape index (κ3) is 2.95. The van der Waals surface area contributed by atoms with Crippen LogP contribution in [-0.4, -0.2) is 47.7 Å². The number of methoxy groups -OCH3 is 1. The number of carbonyl (C=O) groups excluding carboxylic acids is 1. The van der Waals surface area contributed by atoms with Crippen molar-refractivity contribution in [3.05, 3.63) is 23.8 Å². The second kappa shape index (κ2) is 6.08. The maximum absolute atomic E-state index is 11.5. The molecule has 0 aromatic carbocycles. The van der Waals surface area contributed by atoms with Crippen molar-refractivity contribution in [3.63, 3.8) is 0 Å². The number of ether oxygens (including phenoxy) is 2. The van der Waals surface area contributed by atoms with E-state index in [1.165, 1.54) is 7.11 Å². The summed E-state index contributed by atoms with van der Waals surface area (Å²) in [4.78, 5) is 11.5. The van der Waals surface area contributed by atoms with Crippen molar-refractivity contribution in [1.82, 2.24) is 0 Å². The van der Waals surface area contributed by atoms with Gasteiger partial charge in [-0.25, -0.2) is 4.79 Å². The summed E-state index contributed by atoms with van der Waals surface area (Å²) in [6, 6.07) is 0. The van der Waals surface area contributed by atoms with E-state index in [1.54, 1.807) is 13.8 Å². The standard InChI is InChI=1S/C15H22O5/c1-8(15(18)19-3)6-10-12-4-5-13(20-12)14(10)11(17)7-9(2)16/h4-6,9-14,16-17H,7H2,1-3H3/b8-6-/t9-,10+,11+,12+,13-,14-/m1/s1. The molecule has 112 valence electrons. The topological polar surface area (TPSA) is 76.0 Å². The quantitative estimate of drug-likeness (QED) is 0.443. The number of rotatable bonds is 5.